The Bertz CT molecular complexity index is 623. The predicted octanol–water partition coefficient (Wildman–Crippen LogP) is 4.99. The van der Waals surface area contributed by atoms with Gasteiger partial charge in [0.1, 0.15) is 0 Å². The molecule has 2 heterocycles. The smallest absolute Gasteiger partial charge is 0.0928 e. The molecule has 0 radical (unpaired) electrons. The Morgan fingerprint density at radius 2 is 1.85 bits per heavy atom. The third kappa shape index (κ3) is 2.20. The van der Waals surface area contributed by atoms with Crippen LogP contribution in [0.3, 0.4) is 0 Å². The number of hydrogen-bond donors (Lipinski definition) is 0. The van der Waals surface area contributed by atoms with Gasteiger partial charge in [0.2, 0.25) is 0 Å². The number of aryl methyl sites for hydroxylation is 2. The highest BCUT2D eigenvalue weighted by Crippen LogP contribution is 2.39. The van der Waals surface area contributed by atoms with Gasteiger partial charge in [0.05, 0.1) is 18.6 Å². The molecule has 0 amide bonds. The van der Waals surface area contributed by atoms with Gasteiger partial charge < -0.3 is 4.74 Å². The van der Waals surface area contributed by atoms with Crippen LogP contribution >= 0.6 is 22.9 Å². The monoisotopic (exact) mass is 304 g/mol. The molecule has 1 aromatic carbocycles. The zero-order valence-corrected chi connectivity index (χ0v) is 12.9. The van der Waals surface area contributed by atoms with Crippen LogP contribution in [0.5, 0.6) is 0 Å². The fraction of sp³-hybridized carbons (Fsp3) is 0.412. The fourth-order valence-electron chi connectivity index (χ4n) is 3.15. The summed E-state index contributed by atoms with van der Waals surface area (Å²) in [6.45, 7) is 1.48. The second-order valence-electron chi connectivity index (χ2n) is 5.69. The van der Waals surface area contributed by atoms with Gasteiger partial charge in [-0.05, 0) is 54.0 Å². The van der Waals surface area contributed by atoms with Gasteiger partial charge in [0, 0.05) is 9.75 Å². The lowest BCUT2D eigenvalue weighted by atomic mass is 9.98. The number of halogens is 1. The van der Waals surface area contributed by atoms with Crippen LogP contribution < -0.4 is 0 Å². The van der Waals surface area contributed by atoms with E-state index < -0.39 is 0 Å². The summed E-state index contributed by atoms with van der Waals surface area (Å²) in [5.41, 5.74) is 5.35. The van der Waals surface area contributed by atoms with Crippen molar-refractivity contribution in [2.24, 2.45) is 0 Å². The Kier molecular flexibility index (Phi) is 3.33. The summed E-state index contributed by atoms with van der Waals surface area (Å²) in [5.74, 6) is 0. The number of thiophene rings is 1. The molecule has 104 valence electrons. The molecule has 2 aliphatic rings. The van der Waals surface area contributed by atoms with Crippen molar-refractivity contribution in [3.05, 3.63) is 56.3 Å². The average molecular weight is 305 g/mol. The van der Waals surface area contributed by atoms with Crippen molar-refractivity contribution in [2.45, 2.75) is 44.3 Å². The highest BCUT2D eigenvalue weighted by Gasteiger charge is 2.20. The summed E-state index contributed by atoms with van der Waals surface area (Å²) in [6, 6.07) is 8.88. The first-order valence-corrected chi connectivity index (χ1v) is 8.51. The van der Waals surface area contributed by atoms with E-state index >= 15 is 0 Å². The Labute approximate surface area is 128 Å². The molecule has 1 atom stereocenters. The van der Waals surface area contributed by atoms with Gasteiger partial charge in [0.15, 0.2) is 0 Å². The molecular weight excluding hydrogens is 288 g/mol. The molecule has 4 rings (SSSR count). The number of ether oxygens (including phenoxy) is 1. The lowest BCUT2D eigenvalue weighted by Crippen LogP contribution is -1.96. The minimum absolute atomic E-state index is 0.0171. The number of rotatable bonds is 2. The normalized spacial score (nSPS) is 18.6. The Hall–Kier alpha value is -0.830. The maximum atomic E-state index is 6.72. The molecule has 0 N–H and O–H groups in total. The lowest BCUT2D eigenvalue weighted by molar-refractivity contribution is 0.134. The minimum atomic E-state index is -0.0171. The van der Waals surface area contributed by atoms with Crippen LogP contribution in [0, 0.1) is 0 Å². The SMILES string of the molecule is ClC(c1ccc2c(c1)COC2)c1cc2c(s1)CCCC2. The molecule has 1 nitrogen and oxygen atoms in total. The quantitative estimate of drug-likeness (QED) is 0.711. The van der Waals surface area contributed by atoms with Crippen LogP contribution in [-0.4, -0.2) is 0 Å². The van der Waals surface area contributed by atoms with Crippen LogP contribution in [0.1, 0.15) is 50.2 Å². The highest BCUT2D eigenvalue weighted by molar-refractivity contribution is 7.12. The zero-order chi connectivity index (χ0) is 13.5. The van der Waals surface area contributed by atoms with Gasteiger partial charge in [-0.3, -0.25) is 0 Å². The van der Waals surface area contributed by atoms with Crippen molar-refractivity contribution in [3.8, 4) is 0 Å². The van der Waals surface area contributed by atoms with Crippen molar-refractivity contribution in [1.82, 2.24) is 0 Å². The van der Waals surface area contributed by atoms with Gasteiger partial charge in [0.25, 0.3) is 0 Å². The van der Waals surface area contributed by atoms with Crippen LogP contribution in [0.15, 0.2) is 24.3 Å². The largest absolute Gasteiger partial charge is 0.372 e. The van der Waals surface area contributed by atoms with Crippen LogP contribution in [-0.2, 0) is 30.8 Å². The topological polar surface area (TPSA) is 9.23 Å². The summed E-state index contributed by atoms with van der Waals surface area (Å²) >= 11 is 8.63. The fourth-order valence-corrected chi connectivity index (χ4v) is 4.75. The number of benzene rings is 1. The van der Waals surface area contributed by atoms with Crippen molar-refractivity contribution in [3.63, 3.8) is 0 Å². The summed E-state index contributed by atoms with van der Waals surface area (Å²) in [7, 11) is 0. The Morgan fingerprint density at radius 1 is 1.00 bits per heavy atom. The summed E-state index contributed by atoms with van der Waals surface area (Å²) in [5, 5.41) is -0.0171. The summed E-state index contributed by atoms with van der Waals surface area (Å²) < 4.78 is 5.48. The maximum Gasteiger partial charge on any atom is 0.0928 e. The molecule has 2 aromatic rings. The van der Waals surface area contributed by atoms with E-state index in [1.807, 2.05) is 11.3 Å². The molecule has 1 aliphatic carbocycles. The third-order valence-corrected chi connectivity index (χ3v) is 6.22. The van der Waals surface area contributed by atoms with E-state index in [2.05, 4.69) is 24.3 Å². The summed E-state index contributed by atoms with van der Waals surface area (Å²) in [4.78, 5) is 2.86. The van der Waals surface area contributed by atoms with Crippen LogP contribution in [0.25, 0.3) is 0 Å². The van der Waals surface area contributed by atoms with Crippen molar-refractivity contribution < 1.29 is 4.74 Å². The number of fused-ring (bicyclic) bond motifs is 2. The van der Waals surface area contributed by atoms with E-state index in [1.165, 1.54) is 52.8 Å². The van der Waals surface area contributed by atoms with Crippen molar-refractivity contribution in [1.29, 1.82) is 0 Å². The Balaban J connectivity index is 1.66. The summed E-state index contributed by atoms with van der Waals surface area (Å²) in [6.07, 6.45) is 5.12. The molecular formula is C17H17ClOS. The van der Waals surface area contributed by atoms with E-state index in [1.54, 1.807) is 4.88 Å². The van der Waals surface area contributed by atoms with Crippen LogP contribution in [0.4, 0.5) is 0 Å². The predicted molar refractivity (Wildman–Crippen MR) is 83.6 cm³/mol. The maximum absolute atomic E-state index is 6.72. The van der Waals surface area contributed by atoms with Crippen LogP contribution in [0.2, 0.25) is 0 Å². The van der Waals surface area contributed by atoms with E-state index in [0.29, 0.717) is 0 Å². The van der Waals surface area contributed by atoms with Gasteiger partial charge >= 0.3 is 0 Å². The minimum Gasteiger partial charge on any atom is -0.372 e. The van der Waals surface area contributed by atoms with E-state index in [9.17, 15) is 0 Å². The average Bonchev–Trinajstić information content (AvgIpc) is 3.11. The first-order valence-electron chi connectivity index (χ1n) is 7.26. The number of alkyl halides is 1. The van der Waals surface area contributed by atoms with Gasteiger partial charge in [-0.25, -0.2) is 0 Å². The van der Waals surface area contributed by atoms with E-state index in [4.69, 9.17) is 16.3 Å². The third-order valence-electron chi connectivity index (χ3n) is 4.30. The molecule has 1 aromatic heterocycles. The molecule has 1 unspecified atom stereocenters. The van der Waals surface area contributed by atoms with E-state index in [-0.39, 0.29) is 5.38 Å². The van der Waals surface area contributed by atoms with Gasteiger partial charge in [-0.2, -0.15) is 0 Å². The van der Waals surface area contributed by atoms with E-state index in [0.717, 1.165) is 13.2 Å². The second-order valence-corrected chi connectivity index (χ2v) is 7.29. The second kappa shape index (κ2) is 5.18. The van der Waals surface area contributed by atoms with Crippen molar-refractivity contribution in [2.75, 3.05) is 0 Å². The Morgan fingerprint density at radius 3 is 2.75 bits per heavy atom. The molecule has 0 fully saturated rings. The number of hydrogen-bond acceptors (Lipinski definition) is 2. The van der Waals surface area contributed by atoms with Crippen molar-refractivity contribution >= 4 is 22.9 Å². The molecule has 20 heavy (non-hydrogen) atoms. The lowest BCUT2D eigenvalue weighted by Gasteiger charge is -2.09. The van der Waals surface area contributed by atoms with Gasteiger partial charge in [-0.1, -0.05) is 18.2 Å². The van der Waals surface area contributed by atoms with Gasteiger partial charge in [-0.15, -0.1) is 22.9 Å². The highest BCUT2D eigenvalue weighted by atomic mass is 35.5. The molecule has 1 aliphatic heterocycles. The molecule has 0 bridgehead atoms. The first-order chi connectivity index (χ1) is 9.81. The molecule has 3 heteroatoms. The standard InChI is InChI=1S/C17H17ClOS/c18-17(12-5-6-13-9-19-10-14(13)7-12)16-8-11-3-1-2-4-15(11)20-16/h5-8,17H,1-4,9-10H2. The molecule has 0 saturated heterocycles. The molecule has 0 spiro atoms. The zero-order valence-electron chi connectivity index (χ0n) is 11.3. The first kappa shape index (κ1) is 12.9. The molecule has 0 saturated carbocycles.